The summed E-state index contributed by atoms with van der Waals surface area (Å²) in [6.07, 6.45) is 5.92. The zero-order chi connectivity index (χ0) is 14.6. The second-order valence-corrected chi connectivity index (χ2v) is 8.54. The van der Waals surface area contributed by atoms with Crippen molar-refractivity contribution in [1.29, 1.82) is 0 Å². The molecule has 2 fully saturated rings. The predicted molar refractivity (Wildman–Crippen MR) is 81.7 cm³/mol. The van der Waals surface area contributed by atoms with E-state index in [2.05, 4.69) is 23.9 Å². The zero-order valence-corrected chi connectivity index (χ0v) is 13.6. The average molecular weight is 303 g/mol. The van der Waals surface area contributed by atoms with Crippen molar-refractivity contribution in [2.24, 2.45) is 11.3 Å². The largest absolute Gasteiger partial charge is 0.314 e. The highest BCUT2D eigenvalue weighted by Gasteiger charge is 2.36. The molecule has 0 spiro atoms. The molecule has 5 nitrogen and oxygen atoms in total. The normalized spacial score (nSPS) is 24.4. The Labute approximate surface area is 123 Å². The number of nitrogens with zero attached hydrogens (tertiary/aromatic N) is 1. The van der Waals surface area contributed by atoms with Crippen LogP contribution >= 0.6 is 0 Å². The molecule has 0 aromatic carbocycles. The Morgan fingerprint density at radius 3 is 2.35 bits per heavy atom. The van der Waals surface area contributed by atoms with Crippen molar-refractivity contribution in [3.63, 3.8) is 0 Å². The molecule has 1 saturated heterocycles. The minimum Gasteiger partial charge on any atom is -0.314 e. The van der Waals surface area contributed by atoms with E-state index in [4.69, 9.17) is 0 Å². The summed E-state index contributed by atoms with van der Waals surface area (Å²) in [5.41, 5.74) is 0.190. The van der Waals surface area contributed by atoms with Gasteiger partial charge in [0, 0.05) is 32.7 Å². The smallest absolute Gasteiger partial charge is 0.279 e. The third-order valence-corrected chi connectivity index (χ3v) is 6.11. The minimum absolute atomic E-state index is 0.190. The van der Waals surface area contributed by atoms with Crippen LogP contribution in [0.15, 0.2) is 0 Å². The summed E-state index contributed by atoms with van der Waals surface area (Å²) in [6, 6.07) is 0. The fraction of sp³-hybridized carbons (Fsp3) is 1.00. The van der Waals surface area contributed by atoms with E-state index >= 15 is 0 Å². The fourth-order valence-electron chi connectivity index (χ4n) is 3.66. The molecule has 0 bridgehead atoms. The topological polar surface area (TPSA) is 61.4 Å². The molecule has 0 amide bonds. The molecule has 0 aromatic rings. The van der Waals surface area contributed by atoms with Crippen LogP contribution in [-0.4, -0.2) is 45.4 Å². The van der Waals surface area contributed by atoms with Crippen LogP contribution in [0, 0.1) is 11.3 Å². The molecule has 2 N–H and O–H groups in total. The summed E-state index contributed by atoms with van der Waals surface area (Å²) in [5.74, 6) is 0.622. The van der Waals surface area contributed by atoms with Crippen LogP contribution in [0.2, 0.25) is 0 Å². The Morgan fingerprint density at radius 2 is 1.80 bits per heavy atom. The monoisotopic (exact) mass is 303 g/mol. The van der Waals surface area contributed by atoms with Gasteiger partial charge in [-0.25, -0.2) is 4.72 Å². The molecule has 2 aliphatic rings. The maximum Gasteiger partial charge on any atom is 0.279 e. The van der Waals surface area contributed by atoms with Gasteiger partial charge in [-0.3, -0.25) is 0 Å². The first-order valence-electron chi connectivity index (χ1n) is 7.89. The van der Waals surface area contributed by atoms with E-state index in [0.717, 1.165) is 32.4 Å². The lowest BCUT2D eigenvalue weighted by molar-refractivity contribution is 0.233. The predicted octanol–water partition coefficient (Wildman–Crippen LogP) is 1.33. The summed E-state index contributed by atoms with van der Waals surface area (Å²) in [7, 11) is -3.30. The molecule has 0 aromatic heterocycles. The van der Waals surface area contributed by atoms with Gasteiger partial charge in [0.05, 0.1) is 0 Å². The molecule has 20 heavy (non-hydrogen) atoms. The Morgan fingerprint density at radius 1 is 1.20 bits per heavy atom. The van der Waals surface area contributed by atoms with Crippen LogP contribution in [0.3, 0.4) is 0 Å². The average Bonchev–Trinajstić information content (AvgIpc) is 2.86. The molecule has 0 unspecified atom stereocenters. The van der Waals surface area contributed by atoms with E-state index in [-0.39, 0.29) is 5.41 Å². The van der Waals surface area contributed by atoms with Gasteiger partial charge in [-0.2, -0.15) is 12.7 Å². The first kappa shape index (κ1) is 16.2. The highest BCUT2D eigenvalue weighted by atomic mass is 32.2. The second kappa shape index (κ2) is 6.73. The third kappa shape index (κ3) is 4.16. The van der Waals surface area contributed by atoms with Crippen LogP contribution in [-0.2, 0) is 10.2 Å². The van der Waals surface area contributed by atoms with Crippen molar-refractivity contribution in [2.75, 3.05) is 32.7 Å². The number of nitrogens with one attached hydrogen (secondary N) is 2. The first-order chi connectivity index (χ1) is 9.44. The van der Waals surface area contributed by atoms with Gasteiger partial charge < -0.3 is 5.32 Å². The van der Waals surface area contributed by atoms with Crippen molar-refractivity contribution in [3.05, 3.63) is 0 Å². The maximum atomic E-state index is 12.4. The number of hydrogen-bond donors (Lipinski definition) is 2. The van der Waals surface area contributed by atoms with Crippen molar-refractivity contribution >= 4 is 10.2 Å². The lowest BCUT2D eigenvalue weighted by Gasteiger charge is -2.33. The molecule has 0 radical (unpaired) electrons. The lowest BCUT2D eigenvalue weighted by Crippen LogP contribution is -2.52. The van der Waals surface area contributed by atoms with Crippen molar-refractivity contribution < 1.29 is 8.42 Å². The molecule has 1 aliphatic heterocycles. The van der Waals surface area contributed by atoms with E-state index in [1.807, 2.05) is 0 Å². The van der Waals surface area contributed by atoms with Crippen LogP contribution in [0.4, 0.5) is 0 Å². The summed E-state index contributed by atoms with van der Waals surface area (Å²) in [5, 5.41) is 3.18. The summed E-state index contributed by atoms with van der Waals surface area (Å²) < 4.78 is 29.2. The van der Waals surface area contributed by atoms with Gasteiger partial charge in [-0.1, -0.05) is 26.7 Å². The molecular formula is C14H29N3O2S. The summed E-state index contributed by atoms with van der Waals surface area (Å²) in [4.78, 5) is 0. The molecule has 1 aliphatic carbocycles. The standard InChI is InChI=1S/C14H29N3O2S/c1-13(2)11-14(5-3-4-6-14)12-16-20(18,19)17-9-7-15-8-10-17/h13,15-16H,3-12H2,1-2H3. The van der Waals surface area contributed by atoms with Crippen molar-refractivity contribution in [3.8, 4) is 0 Å². The molecule has 1 saturated carbocycles. The van der Waals surface area contributed by atoms with Gasteiger partial charge in [-0.15, -0.1) is 0 Å². The minimum atomic E-state index is -3.30. The van der Waals surface area contributed by atoms with E-state index in [0.29, 0.717) is 25.6 Å². The first-order valence-corrected chi connectivity index (χ1v) is 9.33. The van der Waals surface area contributed by atoms with E-state index in [1.165, 1.54) is 12.8 Å². The van der Waals surface area contributed by atoms with Gasteiger partial charge in [-0.05, 0) is 30.6 Å². The van der Waals surface area contributed by atoms with Gasteiger partial charge in [0.25, 0.3) is 10.2 Å². The Kier molecular flexibility index (Phi) is 5.45. The van der Waals surface area contributed by atoms with Crippen LogP contribution in [0.25, 0.3) is 0 Å². The maximum absolute atomic E-state index is 12.4. The number of hydrogen-bond acceptors (Lipinski definition) is 3. The second-order valence-electron chi connectivity index (χ2n) is 6.78. The summed E-state index contributed by atoms with van der Waals surface area (Å²) >= 11 is 0. The molecule has 1 heterocycles. The lowest BCUT2D eigenvalue weighted by atomic mass is 9.79. The highest BCUT2D eigenvalue weighted by molar-refractivity contribution is 7.87. The fourth-order valence-corrected chi connectivity index (χ4v) is 5.00. The van der Waals surface area contributed by atoms with Crippen LogP contribution in [0.5, 0.6) is 0 Å². The SMILES string of the molecule is CC(C)CC1(CNS(=O)(=O)N2CCNCC2)CCCC1. The summed E-state index contributed by atoms with van der Waals surface area (Å²) in [6.45, 7) is 7.71. The van der Waals surface area contributed by atoms with E-state index in [1.54, 1.807) is 4.31 Å². The zero-order valence-electron chi connectivity index (χ0n) is 12.8. The number of rotatable bonds is 6. The molecule has 0 atom stereocenters. The van der Waals surface area contributed by atoms with E-state index < -0.39 is 10.2 Å². The van der Waals surface area contributed by atoms with Gasteiger partial charge >= 0.3 is 0 Å². The van der Waals surface area contributed by atoms with Crippen molar-refractivity contribution in [2.45, 2.75) is 46.0 Å². The Hall–Kier alpha value is -0.170. The van der Waals surface area contributed by atoms with E-state index in [9.17, 15) is 8.42 Å². The molecule has 2 rings (SSSR count). The van der Waals surface area contributed by atoms with Crippen molar-refractivity contribution in [1.82, 2.24) is 14.3 Å². The highest BCUT2D eigenvalue weighted by Crippen LogP contribution is 2.42. The molecule has 6 heteroatoms. The van der Waals surface area contributed by atoms with Crippen LogP contribution in [0.1, 0.15) is 46.0 Å². The Bertz CT molecular complexity index is 397. The quantitative estimate of drug-likeness (QED) is 0.778. The molecule has 118 valence electrons. The number of piperazine rings is 1. The van der Waals surface area contributed by atoms with Gasteiger partial charge in [0.1, 0.15) is 0 Å². The van der Waals surface area contributed by atoms with Crippen LogP contribution < -0.4 is 10.0 Å². The van der Waals surface area contributed by atoms with Gasteiger partial charge in [0.2, 0.25) is 0 Å². The van der Waals surface area contributed by atoms with Gasteiger partial charge in [0.15, 0.2) is 0 Å². The third-order valence-electron chi connectivity index (χ3n) is 4.55. The Balaban J connectivity index is 1.94. The molecular weight excluding hydrogens is 274 g/mol.